The normalized spacial score (nSPS) is 27.6. The summed E-state index contributed by atoms with van der Waals surface area (Å²) in [6, 6.07) is 3.35. The Hall–Kier alpha value is -2.40. The topological polar surface area (TPSA) is 91.2 Å². The summed E-state index contributed by atoms with van der Waals surface area (Å²) < 4.78 is 112. The molecule has 1 aromatic rings. The lowest BCUT2D eigenvalue weighted by atomic mass is 9.72. The Morgan fingerprint density at radius 2 is 1.76 bits per heavy atom. The third-order valence-corrected chi connectivity index (χ3v) is 7.46. The molecule has 0 amide bonds. The van der Waals surface area contributed by atoms with Crippen LogP contribution in [0.4, 0.5) is 26.3 Å². The molecule has 37 heavy (non-hydrogen) atoms. The minimum atomic E-state index is -4.98. The fourth-order valence-electron chi connectivity index (χ4n) is 4.62. The highest BCUT2D eigenvalue weighted by Gasteiger charge is 2.48. The first-order valence-electron chi connectivity index (χ1n) is 11.4. The molecular formula is C24H27F6N3O3S. The van der Waals surface area contributed by atoms with Crippen molar-refractivity contribution in [1.82, 2.24) is 10.0 Å². The molecule has 0 bridgehead atoms. The molecule has 0 spiro atoms. The van der Waals surface area contributed by atoms with Crippen molar-refractivity contribution in [3.63, 3.8) is 0 Å². The van der Waals surface area contributed by atoms with E-state index in [1.807, 2.05) is 30.4 Å². The van der Waals surface area contributed by atoms with Gasteiger partial charge in [0.15, 0.2) is 0 Å². The Morgan fingerprint density at radius 1 is 1.14 bits per heavy atom. The molecule has 0 radical (unpaired) electrons. The van der Waals surface area contributed by atoms with Crippen molar-refractivity contribution in [2.75, 3.05) is 19.4 Å². The highest BCUT2D eigenvalue weighted by Crippen LogP contribution is 2.40. The lowest BCUT2D eigenvalue weighted by Gasteiger charge is -2.48. The highest BCUT2D eigenvalue weighted by atomic mass is 32.2. The van der Waals surface area contributed by atoms with Crippen LogP contribution < -0.4 is 10.0 Å². The van der Waals surface area contributed by atoms with E-state index in [4.69, 9.17) is 4.74 Å². The van der Waals surface area contributed by atoms with Crippen molar-refractivity contribution >= 4 is 10.0 Å². The molecule has 1 fully saturated rings. The van der Waals surface area contributed by atoms with Gasteiger partial charge in [-0.3, -0.25) is 0 Å². The van der Waals surface area contributed by atoms with Gasteiger partial charge in [0, 0.05) is 18.0 Å². The zero-order valence-electron chi connectivity index (χ0n) is 20.1. The summed E-state index contributed by atoms with van der Waals surface area (Å²) in [7, 11) is -3.70. The van der Waals surface area contributed by atoms with Crippen LogP contribution in [0.5, 0.6) is 0 Å². The first-order valence-corrected chi connectivity index (χ1v) is 13.3. The fourth-order valence-corrected chi connectivity index (χ4v) is 5.55. The third kappa shape index (κ3) is 7.13. The molecule has 1 unspecified atom stereocenters. The van der Waals surface area contributed by atoms with Crippen LogP contribution in [0.15, 0.2) is 42.5 Å². The molecule has 1 aliphatic heterocycles. The maximum Gasteiger partial charge on any atom is 0.416 e. The molecule has 1 saturated heterocycles. The van der Waals surface area contributed by atoms with E-state index in [1.165, 1.54) is 6.92 Å². The van der Waals surface area contributed by atoms with Crippen LogP contribution in [0.2, 0.25) is 0 Å². The number of sulfonamides is 1. The highest BCUT2D eigenvalue weighted by molar-refractivity contribution is 7.88. The van der Waals surface area contributed by atoms with E-state index in [-0.39, 0.29) is 43.5 Å². The van der Waals surface area contributed by atoms with E-state index in [2.05, 4.69) is 10.0 Å². The molecule has 2 N–H and O–H groups in total. The average Bonchev–Trinajstić information content (AvgIpc) is 2.82. The van der Waals surface area contributed by atoms with E-state index >= 15 is 0 Å². The number of nitrogens with zero attached hydrogens (tertiary/aromatic N) is 1. The molecule has 6 nitrogen and oxygen atoms in total. The first-order chi connectivity index (χ1) is 17.0. The predicted molar refractivity (Wildman–Crippen MR) is 123 cm³/mol. The summed E-state index contributed by atoms with van der Waals surface area (Å²) in [4.78, 5) is 0. The van der Waals surface area contributed by atoms with Gasteiger partial charge in [-0.25, -0.2) is 8.42 Å². The van der Waals surface area contributed by atoms with E-state index in [0.29, 0.717) is 18.6 Å². The zero-order valence-corrected chi connectivity index (χ0v) is 20.9. The summed E-state index contributed by atoms with van der Waals surface area (Å²) in [6.07, 6.45) is -1.74. The van der Waals surface area contributed by atoms with Crippen LogP contribution in [0, 0.1) is 17.2 Å². The molecule has 204 valence electrons. The SMILES string of the molecule is C[C@@H](OC[C@@]1(C2C=CC=CC2)CC[C@@](C#N)(NS(C)(=O)=O)CN1)c1cc(C(F)(F)F)cc(C(F)(F)F)c1. The molecule has 0 saturated carbocycles. The van der Waals surface area contributed by atoms with Gasteiger partial charge in [-0.05, 0) is 49.9 Å². The molecule has 3 rings (SSSR count). The summed E-state index contributed by atoms with van der Waals surface area (Å²) in [5, 5.41) is 12.9. The second-order valence-electron chi connectivity index (χ2n) is 9.53. The number of hydrogen-bond donors (Lipinski definition) is 2. The van der Waals surface area contributed by atoms with Gasteiger partial charge in [0.05, 0.1) is 36.2 Å². The zero-order chi connectivity index (χ0) is 27.7. The number of hydrogen-bond acceptors (Lipinski definition) is 5. The number of nitrogens with one attached hydrogen (secondary N) is 2. The van der Waals surface area contributed by atoms with Gasteiger partial charge in [0.2, 0.25) is 10.0 Å². The number of allylic oxidation sites excluding steroid dienone is 3. The van der Waals surface area contributed by atoms with Crippen LogP contribution >= 0.6 is 0 Å². The third-order valence-electron chi connectivity index (χ3n) is 6.70. The Bertz CT molecular complexity index is 1160. The Labute approximate surface area is 211 Å². The maximum atomic E-state index is 13.3. The molecule has 2 aliphatic rings. The quantitative estimate of drug-likeness (QED) is 0.472. The maximum absolute atomic E-state index is 13.3. The average molecular weight is 552 g/mol. The molecule has 1 heterocycles. The molecular weight excluding hydrogens is 524 g/mol. The van der Waals surface area contributed by atoms with Crippen molar-refractivity contribution < 1.29 is 39.5 Å². The van der Waals surface area contributed by atoms with Crippen molar-refractivity contribution in [3.8, 4) is 6.07 Å². The fraction of sp³-hybridized carbons (Fsp3) is 0.542. The summed E-state index contributed by atoms with van der Waals surface area (Å²) >= 11 is 0. The molecule has 1 aromatic carbocycles. The summed E-state index contributed by atoms with van der Waals surface area (Å²) in [5.74, 6) is -0.174. The van der Waals surface area contributed by atoms with Crippen LogP contribution in [0.1, 0.15) is 49.0 Å². The van der Waals surface area contributed by atoms with Gasteiger partial charge in [-0.2, -0.15) is 36.3 Å². The number of ether oxygens (including phenoxy) is 1. The Kier molecular flexibility index (Phi) is 8.20. The van der Waals surface area contributed by atoms with Gasteiger partial charge in [-0.1, -0.05) is 24.3 Å². The van der Waals surface area contributed by atoms with Crippen LogP contribution in [0.3, 0.4) is 0 Å². The number of piperidine rings is 1. The van der Waals surface area contributed by atoms with Gasteiger partial charge >= 0.3 is 12.4 Å². The Balaban J connectivity index is 1.87. The predicted octanol–water partition coefficient (Wildman–Crippen LogP) is 4.87. The molecule has 1 aliphatic carbocycles. The summed E-state index contributed by atoms with van der Waals surface area (Å²) in [6.45, 7) is 1.20. The number of rotatable bonds is 7. The van der Waals surface area contributed by atoms with Crippen LogP contribution in [-0.2, 0) is 27.1 Å². The van der Waals surface area contributed by atoms with Gasteiger partial charge < -0.3 is 10.1 Å². The van der Waals surface area contributed by atoms with Crippen LogP contribution in [0.25, 0.3) is 0 Å². The molecule has 0 aromatic heterocycles. The van der Waals surface area contributed by atoms with Crippen molar-refractivity contribution in [2.45, 2.75) is 55.7 Å². The smallest absolute Gasteiger partial charge is 0.372 e. The second-order valence-corrected chi connectivity index (χ2v) is 11.3. The number of halogens is 6. The molecule has 13 heteroatoms. The summed E-state index contributed by atoms with van der Waals surface area (Å²) in [5.41, 5.74) is -5.38. The van der Waals surface area contributed by atoms with Crippen molar-refractivity contribution in [2.24, 2.45) is 5.92 Å². The Morgan fingerprint density at radius 3 is 2.19 bits per heavy atom. The monoisotopic (exact) mass is 551 g/mol. The largest absolute Gasteiger partial charge is 0.416 e. The van der Waals surface area contributed by atoms with E-state index < -0.39 is 50.7 Å². The standard InChI is InChI=1S/C24H27F6N3O3S/c1-16(17-10-19(23(25,26)27)12-20(11-17)24(28,29)30)36-15-22(18-6-4-3-5-7-18)9-8-21(13-31,14-32-22)33-37(2,34)35/h3-6,10-12,16,18,32-33H,7-9,14-15H2,1-2H3/t16-,18?,21+,22-/m1/s1. The van der Waals surface area contributed by atoms with Crippen molar-refractivity contribution in [3.05, 3.63) is 59.2 Å². The van der Waals surface area contributed by atoms with E-state index in [0.717, 1.165) is 6.26 Å². The second kappa shape index (κ2) is 10.4. The number of benzene rings is 1. The minimum Gasteiger partial charge on any atom is -0.372 e. The van der Waals surface area contributed by atoms with Gasteiger partial charge in [0.25, 0.3) is 0 Å². The van der Waals surface area contributed by atoms with E-state index in [1.54, 1.807) is 0 Å². The number of nitriles is 1. The van der Waals surface area contributed by atoms with Gasteiger partial charge in [0.1, 0.15) is 5.54 Å². The van der Waals surface area contributed by atoms with Crippen molar-refractivity contribution in [1.29, 1.82) is 5.26 Å². The number of alkyl halides is 6. The minimum absolute atomic E-state index is 0.0653. The lowest BCUT2D eigenvalue weighted by molar-refractivity contribution is -0.143. The van der Waals surface area contributed by atoms with Gasteiger partial charge in [-0.15, -0.1) is 0 Å². The lowest BCUT2D eigenvalue weighted by Crippen LogP contribution is -2.67. The first kappa shape index (κ1) is 29.2. The van der Waals surface area contributed by atoms with E-state index in [9.17, 15) is 40.0 Å². The molecule has 4 atom stereocenters. The van der Waals surface area contributed by atoms with Crippen LogP contribution in [-0.4, -0.2) is 38.9 Å².